The monoisotopic (exact) mass is 485 g/mol. The van der Waals surface area contributed by atoms with Gasteiger partial charge in [-0.05, 0) is 56.1 Å². The first kappa shape index (κ1) is 21.0. The number of fused-ring (bicyclic) bond motifs is 7. The van der Waals surface area contributed by atoms with Gasteiger partial charge in [0.1, 0.15) is 11.3 Å². The van der Waals surface area contributed by atoms with Gasteiger partial charge in [-0.3, -0.25) is 19.3 Å². The van der Waals surface area contributed by atoms with Gasteiger partial charge in [-0.2, -0.15) is 0 Å². The van der Waals surface area contributed by atoms with E-state index in [9.17, 15) is 14.4 Å². The van der Waals surface area contributed by atoms with Gasteiger partial charge in [0.25, 0.3) is 0 Å². The van der Waals surface area contributed by atoms with Crippen LogP contribution in [0.3, 0.4) is 0 Å². The minimum absolute atomic E-state index is 0.200. The number of anilines is 2. The number of ether oxygens (including phenoxy) is 1. The zero-order valence-corrected chi connectivity index (χ0v) is 19.5. The van der Waals surface area contributed by atoms with Crippen LogP contribution in [0.5, 0.6) is 5.75 Å². The molecule has 9 heteroatoms. The molecule has 7 nitrogen and oxygen atoms in total. The molecule has 0 saturated carbocycles. The van der Waals surface area contributed by atoms with E-state index in [1.165, 1.54) is 12.0 Å². The predicted molar refractivity (Wildman–Crippen MR) is 124 cm³/mol. The summed E-state index contributed by atoms with van der Waals surface area (Å²) in [5.74, 6) is -2.10. The van der Waals surface area contributed by atoms with Crippen LogP contribution in [-0.2, 0) is 19.9 Å². The van der Waals surface area contributed by atoms with E-state index in [2.05, 4.69) is 10.2 Å². The molecule has 4 aliphatic rings. The van der Waals surface area contributed by atoms with Crippen molar-refractivity contribution in [2.45, 2.75) is 31.3 Å². The molecule has 0 bridgehead atoms. The first-order valence-electron chi connectivity index (χ1n) is 10.9. The highest BCUT2D eigenvalue weighted by molar-refractivity contribution is 6.33. The highest BCUT2D eigenvalue weighted by atomic mass is 35.5. The molecular weight excluding hydrogens is 465 g/mol. The third-order valence-corrected chi connectivity index (χ3v) is 8.39. The smallest absolute Gasteiger partial charge is 0.250 e. The standard InChI is InChI=1S/C24H21Cl2N3O4/c1-11-14(26)7-6-13-20(11)27-23(32)24(13)19-18(15-4-3-9-28(15)24)21(30)29(22(19)31)16-10-12(25)5-8-17(16)33-2/h5-8,10,15,18-19H,3-4,9H2,1-2H3,(H,27,32). The molecule has 170 valence electrons. The van der Waals surface area contributed by atoms with Crippen molar-refractivity contribution in [1.29, 1.82) is 0 Å². The molecule has 6 rings (SSSR count). The maximum Gasteiger partial charge on any atom is 0.250 e. The van der Waals surface area contributed by atoms with Crippen molar-refractivity contribution >= 4 is 52.3 Å². The lowest BCUT2D eigenvalue weighted by Gasteiger charge is -2.36. The first-order chi connectivity index (χ1) is 15.8. The lowest BCUT2D eigenvalue weighted by molar-refractivity contribution is -0.135. The second-order valence-electron chi connectivity index (χ2n) is 9.05. The van der Waals surface area contributed by atoms with Gasteiger partial charge in [0.15, 0.2) is 0 Å². The SMILES string of the molecule is COc1ccc(Cl)cc1N1C(=O)C2C3CCCN3C3(C(=O)Nc4c3ccc(Cl)c4C)C2C1=O. The summed E-state index contributed by atoms with van der Waals surface area (Å²) in [6, 6.07) is 8.21. The minimum atomic E-state index is -1.25. The van der Waals surface area contributed by atoms with Gasteiger partial charge in [0, 0.05) is 21.7 Å². The Morgan fingerprint density at radius 2 is 1.91 bits per heavy atom. The largest absolute Gasteiger partial charge is 0.495 e. The summed E-state index contributed by atoms with van der Waals surface area (Å²) in [5.41, 5.74) is 1.17. The lowest BCUT2D eigenvalue weighted by atomic mass is 9.75. The molecular formula is C24H21Cl2N3O4. The Hall–Kier alpha value is -2.61. The fraction of sp³-hybridized carbons (Fsp3) is 0.375. The number of nitrogens with zero attached hydrogens (tertiary/aromatic N) is 2. The molecule has 4 heterocycles. The van der Waals surface area contributed by atoms with Crippen LogP contribution in [0.15, 0.2) is 30.3 Å². The van der Waals surface area contributed by atoms with Gasteiger partial charge < -0.3 is 10.1 Å². The molecule has 0 radical (unpaired) electrons. The molecule has 0 aromatic heterocycles. The number of carbonyl (C=O) groups excluding carboxylic acids is 3. The molecule has 1 N–H and O–H groups in total. The number of nitrogens with one attached hydrogen (secondary N) is 1. The number of rotatable bonds is 2. The van der Waals surface area contributed by atoms with Crippen molar-refractivity contribution in [3.05, 3.63) is 51.5 Å². The van der Waals surface area contributed by atoms with E-state index in [-0.39, 0.29) is 17.9 Å². The molecule has 3 fully saturated rings. The number of carbonyl (C=O) groups is 3. The molecule has 0 aliphatic carbocycles. The molecule has 4 atom stereocenters. The van der Waals surface area contributed by atoms with Crippen molar-refractivity contribution in [3.63, 3.8) is 0 Å². The topological polar surface area (TPSA) is 79.0 Å². The minimum Gasteiger partial charge on any atom is -0.495 e. The normalized spacial score (nSPS) is 30.1. The van der Waals surface area contributed by atoms with E-state index in [1.807, 2.05) is 13.0 Å². The van der Waals surface area contributed by atoms with E-state index in [4.69, 9.17) is 27.9 Å². The van der Waals surface area contributed by atoms with E-state index in [1.54, 1.807) is 24.3 Å². The van der Waals surface area contributed by atoms with E-state index in [0.29, 0.717) is 33.7 Å². The fourth-order valence-corrected chi connectivity index (χ4v) is 6.79. The van der Waals surface area contributed by atoms with Gasteiger partial charge in [0.2, 0.25) is 17.7 Å². The van der Waals surface area contributed by atoms with Crippen molar-refractivity contribution in [3.8, 4) is 5.75 Å². The van der Waals surface area contributed by atoms with Gasteiger partial charge in [0.05, 0.1) is 30.3 Å². The third-order valence-electron chi connectivity index (χ3n) is 7.74. The van der Waals surface area contributed by atoms with Crippen molar-refractivity contribution in [2.24, 2.45) is 11.8 Å². The lowest BCUT2D eigenvalue weighted by Crippen LogP contribution is -2.54. The highest BCUT2D eigenvalue weighted by Crippen LogP contribution is 2.61. The molecule has 3 amide bonds. The third kappa shape index (κ3) is 2.42. The van der Waals surface area contributed by atoms with Crippen molar-refractivity contribution in [1.82, 2.24) is 4.90 Å². The number of benzene rings is 2. The number of hydrogen-bond donors (Lipinski definition) is 1. The molecule has 2 aromatic carbocycles. The Morgan fingerprint density at radius 1 is 1.12 bits per heavy atom. The highest BCUT2D eigenvalue weighted by Gasteiger charge is 2.74. The zero-order chi connectivity index (χ0) is 23.2. The summed E-state index contributed by atoms with van der Waals surface area (Å²) in [6.45, 7) is 2.49. The average Bonchev–Trinajstić information content (AvgIpc) is 3.49. The van der Waals surface area contributed by atoms with Crippen molar-refractivity contribution < 1.29 is 19.1 Å². The quantitative estimate of drug-likeness (QED) is 0.655. The van der Waals surface area contributed by atoms with E-state index in [0.717, 1.165) is 24.0 Å². The summed E-state index contributed by atoms with van der Waals surface area (Å²) in [6.07, 6.45) is 1.60. The van der Waals surface area contributed by atoms with Gasteiger partial charge in [-0.25, -0.2) is 4.90 Å². The number of amides is 3. The molecule has 4 aliphatic heterocycles. The number of imide groups is 1. The van der Waals surface area contributed by atoms with Crippen LogP contribution in [-0.4, -0.2) is 42.3 Å². The fourth-order valence-electron chi connectivity index (χ4n) is 6.47. The van der Waals surface area contributed by atoms with E-state index >= 15 is 0 Å². The molecule has 2 aromatic rings. The predicted octanol–water partition coefficient (Wildman–Crippen LogP) is 3.74. The van der Waals surface area contributed by atoms with Crippen LogP contribution in [0.2, 0.25) is 10.0 Å². The molecule has 33 heavy (non-hydrogen) atoms. The van der Waals surface area contributed by atoms with Crippen LogP contribution < -0.4 is 15.0 Å². The summed E-state index contributed by atoms with van der Waals surface area (Å²) in [5, 5.41) is 3.92. The molecule has 1 spiro atoms. The first-order valence-corrected chi connectivity index (χ1v) is 11.7. The summed E-state index contributed by atoms with van der Waals surface area (Å²) >= 11 is 12.6. The maximum absolute atomic E-state index is 14.1. The van der Waals surface area contributed by atoms with Crippen molar-refractivity contribution in [2.75, 3.05) is 23.9 Å². The number of methoxy groups -OCH3 is 1. The Kier molecular flexibility index (Phi) is 4.41. The summed E-state index contributed by atoms with van der Waals surface area (Å²) < 4.78 is 5.43. The maximum atomic E-state index is 14.1. The molecule has 3 saturated heterocycles. The second kappa shape index (κ2) is 6.95. The number of hydrogen-bond acceptors (Lipinski definition) is 5. The second-order valence-corrected chi connectivity index (χ2v) is 9.89. The Morgan fingerprint density at radius 3 is 2.67 bits per heavy atom. The van der Waals surface area contributed by atoms with Crippen LogP contribution in [0.25, 0.3) is 0 Å². The van der Waals surface area contributed by atoms with Crippen LogP contribution >= 0.6 is 23.2 Å². The average molecular weight is 486 g/mol. The Bertz CT molecular complexity index is 1260. The van der Waals surface area contributed by atoms with Crippen LogP contribution in [0.4, 0.5) is 11.4 Å². The Balaban J connectivity index is 1.57. The summed E-state index contributed by atoms with van der Waals surface area (Å²) in [7, 11) is 1.48. The van der Waals surface area contributed by atoms with E-state index < -0.39 is 23.3 Å². The van der Waals surface area contributed by atoms with Crippen LogP contribution in [0, 0.1) is 18.8 Å². The van der Waals surface area contributed by atoms with Gasteiger partial charge in [-0.15, -0.1) is 0 Å². The van der Waals surface area contributed by atoms with Crippen LogP contribution in [0.1, 0.15) is 24.0 Å². The van der Waals surface area contributed by atoms with Gasteiger partial charge >= 0.3 is 0 Å². The molecule has 4 unspecified atom stereocenters. The number of halogens is 2. The van der Waals surface area contributed by atoms with Gasteiger partial charge in [-0.1, -0.05) is 29.3 Å². The zero-order valence-electron chi connectivity index (χ0n) is 18.0. The summed E-state index contributed by atoms with van der Waals surface area (Å²) in [4.78, 5) is 44.9. The Labute approximate surface area is 200 Å².